The highest BCUT2D eigenvalue weighted by Crippen LogP contribution is 2.15. The van der Waals surface area contributed by atoms with Crippen molar-refractivity contribution in [2.75, 3.05) is 7.05 Å². The predicted octanol–water partition coefficient (Wildman–Crippen LogP) is 0.520. The lowest BCUT2D eigenvalue weighted by Crippen LogP contribution is -2.63. The van der Waals surface area contributed by atoms with E-state index in [4.69, 9.17) is 0 Å². The normalized spacial score (nSPS) is 21.8. The molecule has 0 aliphatic carbocycles. The molecule has 3 rings (SSSR count). The van der Waals surface area contributed by atoms with Crippen LogP contribution in [0.5, 0.6) is 0 Å². The Balaban J connectivity index is 1.71. The molecule has 2 N–H and O–H groups in total. The van der Waals surface area contributed by atoms with Gasteiger partial charge < -0.3 is 15.2 Å². The van der Waals surface area contributed by atoms with Gasteiger partial charge in [-0.3, -0.25) is 9.59 Å². The summed E-state index contributed by atoms with van der Waals surface area (Å²) in [5.41, 5.74) is 1.86. The lowest BCUT2D eigenvalue weighted by atomic mass is 9.99. The first kappa shape index (κ1) is 14.3. The second-order valence-corrected chi connectivity index (χ2v) is 5.50. The van der Waals surface area contributed by atoms with Crippen LogP contribution in [0, 0.1) is 0 Å². The maximum atomic E-state index is 12.5. The van der Waals surface area contributed by atoms with Crippen molar-refractivity contribution in [2.24, 2.45) is 0 Å². The number of rotatable bonds is 4. The number of carbonyl (C=O) groups excluding carboxylic acids is 2. The van der Waals surface area contributed by atoms with Crippen molar-refractivity contribution in [1.29, 1.82) is 0 Å². The third-order valence-corrected chi connectivity index (χ3v) is 3.98. The zero-order chi connectivity index (χ0) is 15.5. The van der Waals surface area contributed by atoms with Gasteiger partial charge in [0.1, 0.15) is 12.1 Å². The van der Waals surface area contributed by atoms with E-state index in [9.17, 15) is 9.59 Å². The molecule has 0 bridgehead atoms. The van der Waals surface area contributed by atoms with Crippen molar-refractivity contribution in [3.05, 3.63) is 54.1 Å². The minimum absolute atomic E-state index is 0.0621. The van der Waals surface area contributed by atoms with Crippen molar-refractivity contribution in [3.8, 4) is 0 Å². The summed E-state index contributed by atoms with van der Waals surface area (Å²) >= 11 is 0. The number of nitrogens with zero attached hydrogens (tertiary/aromatic N) is 2. The number of amides is 2. The quantitative estimate of drug-likeness (QED) is 0.864. The molecule has 2 atom stereocenters. The largest absolute Gasteiger partial charge is 0.348 e. The number of aromatic amines is 1. The molecule has 6 nitrogen and oxygen atoms in total. The van der Waals surface area contributed by atoms with Gasteiger partial charge in [-0.05, 0) is 5.56 Å². The average molecular weight is 298 g/mol. The molecule has 22 heavy (non-hydrogen) atoms. The van der Waals surface area contributed by atoms with Gasteiger partial charge in [-0.1, -0.05) is 30.3 Å². The fraction of sp³-hybridized carbons (Fsp3) is 0.312. The van der Waals surface area contributed by atoms with E-state index in [0.29, 0.717) is 12.8 Å². The first-order chi connectivity index (χ1) is 10.6. The molecule has 0 spiro atoms. The van der Waals surface area contributed by atoms with E-state index in [1.807, 2.05) is 30.3 Å². The van der Waals surface area contributed by atoms with Crippen LogP contribution in [-0.4, -0.2) is 45.8 Å². The van der Waals surface area contributed by atoms with E-state index < -0.39 is 12.1 Å². The Bertz CT molecular complexity index is 654. The van der Waals surface area contributed by atoms with Crippen molar-refractivity contribution in [2.45, 2.75) is 24.9 Å². The highest BCUT2D eigenvalue weighted by Gasteiger charge is 2.38. The maximum absolute atomic E-state index is 12.5. The minimum atomic E-state index is -0.502. The van der Waals surface area contributed by atoms with Crippen LogP contribution in [0.3, 0.4) is 0 Å². The van der Waals surface area contributed by atoms with Crippen LogP contribution in [0.25, 0.3) is 0 Å². The van der Waals surface area contributed by atoms with E-state index in [-0.39, 0.29) is 11.8 Å². The SMILES string of the molecule is CN1C(=O)[C@H](Cc2ccccc2)NC(=O)[C@@H]1Cc1cnc[nH]1. The van der Waals surface area contributed by atoms with Gasteiger partial charge in [-0.15, -0.1) is 0 Å². The van der Waals surface area contributed by atoms with Crippen LogP contribution in [-0.2, 0) is 22.4 Å². The number of imidazole rings is 1. The third-order valence-electron chi connectivity index (χ3n) is 3.98. The highest BCUT2D eigenvalue weighted by atomic mass is 16.2. The van der Waals surface area contributed by atoms with Gasteiger partial charge in [-0.25, -0.2) is 4.98 Å². The molecule has 0 saturated carbocycles. The first-order valence-corrected chi connectivity index (χ1v) is 7.23. The number of likely N-dealkylation sites (N-methyl/N-ethyl adjacent to an activating group) is 1. The number of benzene rings is 1. The Morgan fingerprint density at radius 3 is 2.64 bits per heavy atom. The second kappa shape index (κ2) is 6.01. The van der Waals surface area contributed by atoms with E-state index in [1.165, 1.54) is 4.90 Å². The summed E-state index contributed by atoms with van der Waals surface area (Å²) in [6.07, 6.45) is 4.18. The number of nitrogens with one attached hydrogen (secondary N) is 2. The monoisotopic (exact) mass is 298 g/mol. The summed E-state index contributed by atoms with van der Waals surface area (Å²) in [7, 11) is 1.68. The molecule has 1 fully saturated rings. The van der Waals surface area contributed by atoms with Crippen molar-refractivity contribution >= 4 is 11.8 Å². The third kappa shape index (κ3) is 2.86. The number of hydrogen-bond donors (Lipinski definition) is 2. The minimum Gasteiger partial charge on any atom is -0.348 e. The van der Waals surface area contributed by atoms with Crippen LogP contribution in [0.4, 0.5) is 0 Å². The Hall–Kier alpha value is -2.63. The van der Waals surface area contributed by atoms with Crippen molar-refractivity contribution in [3.63, 3.8) is 0 Å². The summed E-state index contributed by atoms with van der Waals surface area (Å²) < 4.78 is 0. The van der Waals surface area contributed by atoms with Crippen LogP contribution in [0.2, 0.25) is 0 Å². The summed E-state index contributed by atoms with van der Waals surface area (Å²) in [5.74, 6) is -0.189. The topological polar surface area (TPSA) is 78.1 Å². The van der Waals surface area contributed by atoms with Crippen molar-refractivity contribution < 1.29 is 9.59 Å². The van der Waals surface area contributed by atoms with E-state index in [2.05, 4.69) is 15.3 Å². The van der Waals surface area contributed by atoms with Gasteiger partial charge in [0.05, 0.1) is 6.33 Å². The summed E-state index contributed by atoms with van der Waals surface area (Å²) in [6, 6.07) is 8.69. The zero-order valence-electron chi connectivity index (χ0n) is 12.3. The number of carbonyl (C=O) groups is 2. The first-order valence-electron chi connectivity index (χ1n) is 7.23. The summed E-state index contributed by atoms with van der Waals surface area (Å²) in [5, 5.41) is 2.84. The Morgan fingerprint density at radius 1 is 1.18 bits per heavy atom. The molecule has 0 radical (unpaired) electrons. The van der Waals surface area contributed by atoms with Crippen molar-refractivity contribution in [1.82, 2.24) is 20.2 Å². The average Bonchev–Trinajstić information content (AvgIpc) is 3.03. The molecule has 114 valence electrons. The van der Waals surface area contributed by atoms with Crippen LogP contribution < -0.4 is 5.32 Å². The zero-order valence-corrected chi connectivity index (χ0v) is 12.3. The number of piperazine rings is 1. The standard InChI is InChI=1S/C16H18N4O2/c1-20-14(8-12-9-17-10-18-12)15(21)19-13(16(20)22)7-11-5-3-2-4-6-11/h2-6,9-10,13-14H,7-8H2,1H3,(H,17,18)(H,19,21)/t13-,14-/m0/s1. The molecular weight excluding hydrogens is 280 g/mol. The Kier molecular flexibility index (Phi) is 3.91. The fourth-order valence-electron chi connectivity index (χ4n) is 2.73. The molecular formula is C16H18N4O2. The van der Waals surface area contributed by atoms with Gasteiger partial charge in [0.15, 0.2) is 0 Å². The van der Waals surface area contributed by atoms with Crippen LogP contribution in [0.15, 0.2) is 42.9 Å². The lowest BCUT2D eigenvalue weighted by Gasteiger charge is -2.36. The molecule has 2 aromatic rings. The van der Waals surface area contributed by atoms with Gasteiger partial charge in [0.2, 0.25) is 11.8 Å². The maximum Gasteiger partial charge on any atom is 0.245 e. The van der Waals surface area contributed by atoms with Crippen LogP contribution >= 0.6 is 0 Å². The molecule has 1 saturated heterocycles. The fourth-order valence-corrected chi connectivity index (χ4v) is 2.73. The smallest absolute Gasteiger partial charge is 0.245 e. The molecule has 2 heterocycles. The van der Waals surface area contributed by atoms with Gasteiger partial charge in [0.25, 0.3) is 0 Å². The lowest BCUT2D eigenvalue weighted by molar-refractivity contribution is -0.147. The van der Waals surface area contributed by atoms with Gasteiger partial charge in [0, 0.05) is 31.8 Å². The highest BCUT2D eigenvalue weighted by molar-refractivity contribution is 5.97. The molecule has 1 aromatic heterocycles. The van der Waals surface area contributed by atoms with Gasteiger partial charge >= 0.3 is 0 Å². The summed E-state index contributed by atoms with van der Waals surface area (Å²) in [6.45, 7) is 0. The number of H-pyrrole nitrogens is 1. The second-order valence-electron chi connectivity index (χ2n) is 5.50. The molecule has 0 unspecified atom stereocenters. The van der Waals surface area contributed by atoms with E-state index >= 15 is 0 Å². The molecule has 1 aliphatic rings. The molecule has 6 heteroatoms. The van der Waals surface area contributed by atoms with E-state index in [0.717, 1.165) is 11.3 Å². The Morgan fingerprint density at radius 2 is 1.95 bits per heavy atom. The van der Waals surface area contributed by atoms with Crippen LogP contribution in [0.1, 0.15) is 11.3 Å². The Labute approximate surface area is 128 Å². The molecule has 1 aromatic carbocycles. The van der Waals surface area contributed by atoms with Gasteiger partial charge in [-0.2, -0.15) is 0 Å². The number of aromatic nitrogens is 2. The predicted molar refractivity (Wildman–Crippen MR) is 80.9 cm³/mol. The molecule has 2 amide bonds. The molecule has 1 aliphatic heterocycles. The number of hydrogen-bond acceptors (Lipinski definition) is 3. The summed E-state index contributed by atoms with van der Waals surface area (Å²) in [4.78, 5) is 33.3. The van der Waals surface area contributed by atoms with E-state index in [1.54, 1.807) is 19.6 Å².